The van der Waals surface area contributed by atoms with Crippen molar-refractivity contribution < 1.29 is 13.4 Å². The number of rotatable bonds is 5. The Morgan fingerprint density at radius 1 is 1.33 bits per heavy atom. The van der Waals surface area contributed by atoms with Gasteiger partial charge in [-0.15, -0.1) is 10.2 Å². The van der Waals surface area contributed by atoms with Crippen LogP contribution in [0.25, 0.3) is 11.7 Å². The van der Waals surface area contributed by atoms with Gasteiger partial charge in [0.25, 0.3) is 11.1 Å². The predicted molar refractivity (Wildman–Crippen MR) is 72.5 cm³/mol. The van der Waals surface area contributed by atoms with Crippen molar-refractivity contribution >= 4 is 11.8 Å². The maximum atomic E-state index is 5.54. The van der Waals surface area contributed by atoms with Gasteiger partial charge in [-0.05, 0) is 31.9 Å². The van der Waals surface area contributed by atoms with Crippen molar-refractivity contribution in [2.45, 2.75) is 36.2 Å². The van der Waals surface area contributed by atoms with E-state index >= 15 is 0 Å². The molecule has 0 bridgehead atoms. The fraction of sp³-hybridized carbons (Fsp3) is 0.385. The molecule has 1 fully saturated rings. The summed E-state index contributed by atoms with van der Waals surface area (Å²) in [6.07, 6.45) is 3.86. The van der Waals surface area contributed by atoms with Crippen molar-refractivity contribution in [2.24, 2.45) is 0 Å². The average molecular weight is 304 g/mol. The summed E-state index contributed by atoms with van der Waals surface area (Å²) in [5.41, 5.74) is 0. The number of aromatic nitrogens is 4. The van der Waals surface area contributed by atoms with Gasteiger partial charge in [-0.1, -0.05) is 16.9 Å². The van der Waals surface area contributed by atoms with Crippen molar-refractivity contribution in [3.8, 4) is 11.7 Å². The van der Waals surface area contributed by atoms with Crippen LogP contribution in [0.5, 0.6) is 0 Å². The van der Waals surface area contributed by atoms with Gasteiger partial charge in [-0.2, -0.15) is 4.98 Å². The molecule has 1 aliphatic carbocycles. The first-order chi connectivity index (χ1) is 10.3. The third-order valence-corrected chi connectivity index (χ3v) is 4.09. The summed E-state index contributed by atoms with van der Waals surface area (Å²) in [4.78, 5) is 4.42. The molecule has 3 heterocycles. The first-order valence-electron chi connectivity index (χ1n) is 6.67. The molecule has 21 heavy (non-hydrogen) atoms. The van der Waals surface area contributed by atoms with Crippen LogP contribution in [0.15, 0.2) is 37.0 Å². The van der Waals surface area contributed by atoms with E-state index < -0.39 is 0 Å². The van der Waals surface area contributed by atoms with E-state index in [0.717, 1.165) is 18.7 Å². The second-order valence-electron chi connectivity index (χ2n) is 4.88. The van der Waals surface area contributed by atoms with Crippen molar-refractivity contribution in [1.82, 2.24) is 20.3 Å². The van der Waals surface area contributed by atoms with Gasteiger partial charge >= 0.3 is 0 Å². The fourth-order valence-electron chi connectivity index (χ4n) is 1.88. The third-order valence-electron chi connectivity index (χ3n) is 3.16. The van der Waals surface area contributed by atoms with Gasteiger partial charge in [0.15, 0.2) is 11.6 Å². The van der Waals surface area contributed by atoms with Crippen LogP contribution in [0.1, 0.15) is 42.6 Å². The normalized spacial score (nSPS) is 16.2. The molecule has 8 heteroatoms. The number of nitrogens with zero attached hydrogens (tertiary/aromatic N) is 4. The molecule has 1 atom stereocenters. The van der Waals surface area contributed by atoms with Crippen LogP contribution >= 0.6 is 11.8 Å². The van der Waals surface area contributed by atoms with Crippen LogP contribution in [0.4, 0.5) is 0 Å². The molecular formula is C13H12N4O3S. The summed E-state index contributed by atoms with van der Waals surface area (Å²) in [7, 11) is 0. The maximum Gasteiger partial charge on any atom is 0.284 e. The summed E-state index contributed by atoms with van der Waals surface area (Å²) in [5.74, 6) is 2.78. The van der Waals surface area contributed by atoms with E-state index in [9.17, 15) is 0 Å². The molecule has 0 amide bonds. The zero-order chi connectivity index (χ0) is 14.2. The first kappa shape index (κ1) is 12.6. The zero-order valence-electron chi connectivity index (χ0n) is 11.2. The second kappa shape index (κ2) is 5.03. The molecule has 1 saturated carbocycles. The highest BCUT2D eigenvalue weighted by molar-refractivity contribution is 7.99. The lowest BCUT2D eigenvalue weighted by molar-refractivity contribution is 0.373. The van der Waals surface area contributed by atoms with Crippen LogP contribution in [-0.4, -0.2) is 20.3 Å². The van der Waals surface area contributed by atoms with E-state index in [1.54, 1.807) is 18.4 Å². The largest absolute Gasteiger partial charge is 0.459 e. The van der Waals surface area contributed by atoms with Crippen LogP contribution in [-0.2, 0) is 0 Å². The lowest BCUT2D eigenvalue weighted by Gasteiger charge is -2.00. The van der Waals surface area contributed by atoms with Crippen molar-refractivity contribution in [3.05, 3.63) is 30.1 Å². The Kier molecular flexibility index (Phi) is 3.03. The van der Waals surface area contributed by atoms with E-state index in [0.29, 0.717) is 28.7 Å². The minimum absolute atomic E-state index is 0.0464. The standard InChI is InChI=1S/C13H12N4O3S/c1-7(11-14-10(17-20-11)8-4-5-8)21-13-16-15-12(19-13)9-3-2-6-18-9/h2-3,6-8H,4-5H2,1H3. The van der Waals surface area contributed by atoms with E-state index in [1.807, 2.05) is 6.92 Å². The molecule has 0 N–H and O–H groups in total. The van der Waals surface area contributed by atoms with E-state index in [2.05, 4.69) is 20.3 Å². The molecule has 108 valence electrons. The van der Waals surface area contributed by atoms with Gasteiger partial charge in [0.1, 0.15) is 0 Å². The molecule has 0 aromatic carbocycles. The molecule has 1 unspecified atom stereocenters. The fourth-order valence-corrected chi connectivity index (χ4v) is 2.59. The van der Waals surface area contributed by atoms with E-state index in [4.69, 9.17) is 13.4 Å². The van der Waals surface area contributed by atoms with Gasteiger partial charge in [0, 0.05) is 5.92 Å². The molecule has 3 aromatic heterocycles. The number of hydrogen-bond donors (Lipinski definition) is 0. The van der Waals surface area contributed by atoms with Gasteiger partial charge < -0.3 is 13.4 Å². The lowest BCUT2D eigenvalue weighted by Crippen LogP contribution is -1.90. The number of hydrogen-bond acceptors (Lipinski definition) is 8. The molecule has 0 aliphatic heterocycles. The third kappa shape index (κ3) is 2.58. The molecule has 7 nitrogen and oxygen atoms in total. The van der Waals surface area contributed by atoms with E-state index in [1.165, 1.54) is 11.8 Å². The monoisotopic (exact) mass is 304 g/mol. The molecule has 0 saturated heterocycles. The van der Waals surface area contributed by atoms with Crippen LogP contribution in [0.2, 0.25) is 0 Å². The number of thioether (sulfide) groups is 1. The zero-order valence-corrected chi connectivity index (χ0v) is 12.0. The smallest absolute Gasteiger partial charge is 0.284 e. The quantitative estimate of drug-likeness (QED) is 0.662. The Balaban J connectivity index is 1.47. The summed E-state index contributed by atoms with van der Waals surface area (Å²) < 4.78 is 16.0. The molecule has 4 rings (SSSR count). The maximum absolute atomic E-state index is 5.54. The van der Waals surface area contributed by atoms with Crippen LogP contribution in [0.3, 0.4) is 0 Å². The highest BCUT2D eigenvalue weighted by Gasteiger charge is 2.30. The summed E-state index contributed by atoms with van der Waals surface area (Å²) >= 11 is 1.38. The Morgan fingerprint density at radius 3 is 3.00 bits per heavy atom. The SMILES string of the molecule is CC(Sc1nnc(-c2ccco2)o1)c1nc(C2CC2)no1. The van der Waals surface area contributed by atoms with Gasteiger partial charge in [0.2, 0.25) is 5.89 Å². The summed E-state index contributed by atoms with van der Waals surface area (Å²) in [6.45, 7) is 1.96. The minimum Gasteiger partial charge on any atom is -0.459 e. The highest BCUT2D eigenvalue weighted by Crippen LogP contribution is 2.40. The summed E-state index contributed by atoms with van der Waals surface area (Å²) in [6, 6.07) is 3.54. The molecule has 0 radical (unpaired) electrons. The molecule has 3 aromatic rings. The lowest BCUT2D eigenvalue weighted by atomic mass is 10.4. The molecule has 0 spiro atoms. The van der Waals surface area contributed by atoms with Crippen molar-refractivity contribution in [1.29, 1.82) is 0 Å². The molecule has 1 aliphatic rings. The number of furan rings is 1. The molecular weight excluding hydrogens is 292 g/mol. The average Bonchev–Trinajstić information content (AvgIpc) is 2.95. The van der Waals surface area contributed by atoms with Gasteiger partial charge in [-0.3, -0.25) is 0 Å². The minimum atomic E-state index is -0.0464. The van der Waals surface area contributed by atoms with Gasteiger partial charge in [-0.25, -0.2) is 0 Å². The Morgan fingerprint density at radius 2 is 2.24 bits per heavy atom. The Bertz CT molecular complexity index is 732. The van der Waals surface area contributed by atoms with Gasteiger partial charge in [0.05, 0.1) is 11.5 Å². The topological polar surface area (TPSA) is 91.0 Å². The summed E-state index contributed by atoms with van der Waals surface area (Å²) in [5, 5.41) is 12.3. The Hall–Kier alpha value is -2.09. The highest BCUT2D eigenvalue weighted by atomic mass is 32.2. The van der Waals surface area contributed by atoms with Crippen molar-refractivity contribution in [2.75, 3.05) is 0 Å². The predicted octanol–water partition coefficient (Wildman–Crippen LogP) is 3.44. The van der Waals surface area contributed by atoms with Crippen LogP contribution < -0.4 is 0 Å². The Labute approximate surface area is 124 Å². The van der Waals surface area contributed by atoms with Crippen LogP contribution in [0, 0.1) is 0 Å². The van der Waals surface area contributed by atoms with E-state index in [-0.39, 0.29) is 5.25 Å². The van der Waals surface area contributed by atoms with Crippen molar-refractivity contribution in [3.63, 3.8) is 0 Å². The second-order valence-corrected chi connectivity index (χ2v) is 6.17. The first-order valence-corrected chi connectivity index (χ1v) is 7.55.